The topological polar surface area (TPSA) is 69.4 Å². The highest BCUT2D eigenvalue weighted by atomic mass is 35.5. The van der Waals surface area contributed by atoms with Gasteiger partial charge in [0, 0.05) is 11.6 Å². The maximum absolute atomic E-state index is 13.5. The zero-order chi connectivity index (χ0) is 14.7. The number of nitrogens with zero attached hydrogens (tertiary/aromatic N) is 1. The van der Waals surface area contributed by atoms with Crippen molar-refractivity contribution in [1.82, 2.24) is 0 Å². The van der Waals surface area contributed by atoms with Crippen LogP contribution in [0, 0.1) is 15.9 Å². The van der Waals surface area contributed by atoms with Crippen molar-refractivity contribution in [3.05, 3.63) is 61.7 Å². The largest absolute Gasteiger partial charge is 0.456 e. The van der Waals surface area contributed by atoms with E-state index in [1.807, 2.05) is 0 Å². The number of ether oxygens (including phenoxy) is 1. The third kappa shape index (κ3) is 3.12. The molecule has 1 aromatic carbocycles. The summed E-state index contributed by atoms with van der Waals surface area (Å²) in [6.07, 6.45) is 0. The van der Waals surface area contributed by atoms with Crippen LogP contribution in [-0.4, -0.2) is 10.9 Å². The van der Waals surface area contributed by atoms with E-state index in [-0.39, 0.29) is 27.1 Å². The molecule has 0 amide bonds. The molecule has 5 nitrogen and oxygen atoms in total. The first-order valence-corrected chi connectivity index (χ1v) is 6.52. The van der Waals surface area contributed by atoms with Crippen LogP contribution in [0.15, 0.2) is 30.3 Å². The second-order valence-electron chi connectivity index (χ2n) is 3.67. The number of thiophene rings is 1. The van der Waals surface area contributed by atoms with Crippen molar-refractivity contribution in [2.75, 3.05) is 0 Å². The van der Waals surface area contributed by atoms with Crippen LogP contribution >= 0.6 is 22.9 Å². The van der Waals surface area contributed by atoms with Crippen molar-refractivity contribution in [3.63, 3.8) is 0 Å². The van der Waals surface area contributed by atoms with Gasteiger partial charge in [-0.1, -0.05) is 29.0 Å². The lowest BCUT2D eigenvalue weighted by atomic mass is 10.2. The second kappa shape index (κ2) is 5.98. The summed E-state index contributed by atoms with van der Waals surface area (Å²) < 4.78 is 18.3. The Hall–Kier alpha value is -1.99. The fourth-order valence-electron chi connectivity index (χ4n) is 1.41. The molecule has 0 unspecified atom stereocenters. The zero-order valence-corrected chi connectivity index (χ0v) is 11.4. The van der Waals surface area contributed by atoms with Crippen LogP contribution in [0.3, 0.4) is 0 Å². The van der Waals surface area contributed by atoms with Gasteiger partial charge in [-0.3, -0.25) is 10.1 Å². The molecule has 0 saturated carbocycles. The van der Waals surface area contributed by atoms with Gasteiger partial charge in [0.1, 0.15) is 17.3 Å². The summed E-state index contributed by atoms with van der Waals surface area (Å²) in [7, 11) is 0. The summed E-state index contributed by atoms with van der Waals surface area (Å²) in [6.45, 7) is -0.337. The van der Waals surface area contributed by atoms with Crippen LogP contribution in [0.4, 0.5) is 9.39 Å². The number of esters is 1. The Kier molecular flexibility index (Phi) is 4.31. The third-order valence-corrected chi connectivity index (χ3v) is 3.75. The van der Waals surface area contributed by atoms with Crippen molar-refractivity contribution in [3.8, 4) is 0 Å². The molecule has 0 radical (unpaired) electrons. The molecule has 0 atom stereocenters. The molecule has 1 aromatic heterocycles. The second-order valence-corrected chi connectivity index (χ2v) is 5.14. The lowest BCUT2D eigenvalue weighted by molar-refractivity contribution is -0.380. The molecule has 0 aliphatic carbocycles. The highest BCUT2D eigenvalue weighted by molar-refractivity contribution is 7.17. The third-order valence-electron chi connectivity index (χ3n) is 2.38. The van der Waals surface area contributed by atoms with Crippen molar-refractivity contribution in [2.45, 2.75) is 6.61 Å². The molecule has 2 aromatic rings. The van der Waals surface area contributed by atoms with E-state index in [1.165, 1.54) is 30.3 Å². The van der Waals surface area contributed by atoms with Gasteiger partial charge in [-0.25, -0.2) is 9.18 Å². The first-order valence-electron chi connectivity index (χ1n) is 5.33. The summed E-state index contributed by atoms with van der Waals surface area (Å²) in [5, 5.41) is 10.5. The highest BCUT2D eigenvalue weighted by Crippen LogP contribution is 2.25. The predicted octanol–water partition coefficient (Wildman–Crippen LogP) is 3.81. The smallest absolute Gasteiger partial charge is 0.348 e. The highest BCUT2D eigenvalue weighted by Gasteiger charge is 2.17. The molecule has 1 heterocycles. The quantitative estimate of drug-likeness (QED) is 0.489. The molecule has 8 heteroatoms. The van der Waals surface area contributed by atoms with Crippen LogP contribution in [0.25, 0.3) is 0 Å². The normalized spacial score (nSPS) is 10.3. The molecule has 20 heavy (non-hydrogen) atoms. The lowest BCUT2D eigenvalue weighted by Crippen LogP contribution is -2.04. The monoisotopic (exact) mass is 315 g/mol. The average molecular weight is 316 g/mol. The molecular formula is C12H7ClFNO4S. The minimum Gasteiger partial charge on any atom is -0.456 e. The van der Waals surface area contributed by atoms with Gasteiger partial charge in [-0.2, -0.15) is 0 Å². The van der Waals surface area contributed by atoms with E-state index >= 15 is 0 Å². The Morgan fingerprint density at radius 1 is 1.40 bits per heavy atom. The Bertz CT molecular complexity index is 653. The summed E-state index contributed by atoms with van der Waals surface area (Å²) in [4.78, 5) is 21.7. The van der Waals surface area contributed by atoms with Gasteiger partial charge in [-0.15, -0.1) is 0 Å². The van der Waals surface area contributed by atoms with E-state index in [4.69, 9.17) is 16.3 Å². The van der Waals surface area contributed by atoms with E-state index in [0.717, 1.165) is 0 Å². The van der Waals surface area contributed by atoms with Crippen LogP contribution in [0.2, 0.25) is 5.02 Å². The van der Waals surface area contributed by atoms with Crippen LogP contribution in [0.1, 0.15) is 15.2 Å². The number of carbonyl (C=O) groups is 1. The lowest BCUT2D eigenvalue weighted by Gasteiger charge is -2.06. The van der Waals surface area contributed by atoms with E-state index in [1.54, 1.807) is 0 Å². The first-order chi connectivity index (χ1) is 9.49. The van der Waals surface area contributed by atoms with Gasteiger partial charge in [0.25, 0.3) is 0 Å². The van der Waals surface area contributed by atoms with Gasteiger partial charge < -0.3 is 4.74 Å². The molecule has 0 aliphatic heterocycles. The fraction of sp³-hybridized carbons (Fsp3) is 0.0833. The Morgan fingerprint density at radius 3 is 2.75 bits per heavy atom. The van der Waals surface area contributed by atoms with Crippen molar-refractivity contribution in [1.29, 1.82) is 0 Å². The number of carbonyl (C=O) groups excluding carboxylic acids is 1. The van der Waals surface area contributed by atoms with E-state index in [0.29, 0.717) is 11.3 Å². The number of halogens is 2. The van der Waals surface area contributed by atoms with Crippen molar-refractivity contribution in [2.24, 2.45) is 0 Å². The molecule has 104 valence electrons. The van der Waals surface area contributed by atoms with Gasteiger partial charge in [0.2, 0.25) is 0 Å². The summed E-state index contributed by atoms with van der Waals surface area (Å²) >= 11 is 6.48. The Labute approximate surface area is 121 Å². The number of rotatable bonds is 4. The number of nitro groups is 1. The first kappa shape index (κ1) is 14.4. The molecule has 0 saturated heterocycles. The van der Waals surface area contributed by atoms with Gasteiger partial charge >= 0.3 is 11.0 Å². The molecular weight excluding hydrogens is 309 g/mol. The zero-order valence-electron chi connectivity index (χ0n) is 9.84. The van der Waals surface area contributed by atoms with Gasteiger partial charge in [0.05, 0.1) is 9.95 Å². The fourth-order valence-corrected chi connectivity index (χ4v) is 2.35. The minimum absolute atomic E-state index is 0.0635. The van der Waals surface area contributed by atoms with Crippen LogP contribution in [0.5, 0.6) is 0 Å². The summed E-state index contributed by atoms with van der Waals surface area (Å²) in [6, 6.07) is 6.60. The van der Waals surface area contributed by atoms with E-state index in [2.05, 4.69) is 0 Å². The van der Waals surface area contributed by atoms with E-state index in [9.17, 15) is 19.3 Å². The number of hydrogen-bond acceptors (Lipinski definition) is 5. The maximum atomic E-state index is 13.5. The minimum atomic E-state index is -0.762. The molecule has 0 bridgehead atoms. The average Bonchev–Trinajstić information content (AvgIpc) is 2.87. The number of hydrogen-bond donors (Lipinski definition) is 0. The maximum Gasteiger partial charge on any atom is 0.348 e. The summed E-state index contributed by atoms with van der Waals surface area (Å²) in [5.74, 6) is -1.34. The molecule has 0 N–H and O–H groups in total. The van der Waals surface area contributed by atoms with E-state index < -0.39 is 16.7 Å². The Morgan fingerprint density at radius 2 is 2.15 bits per heavy atom. The standard InChI is InChI=1S/C12H7ClFNO4S/c13-8-2-1-3-9(14)7(8)6-19-12(16)10-4-5-11(20-10)15(17)18/h1-5H,6H2. The number of benzene rings is 1. The molecule has 0 aliphatic rings. The van der Waals surface area contributed by atoms with Crippen molar-refractivity contribution < 1.29 is 18.8 Å². The van der Waals surface area contributed by atoms with Gasteiger partial charge in [0.15, 0.2) is 0 Å². The SMILES string of the molecule is O=C(OCc1c(F)cccc1Cl)c1ccc([N+](=O)[O-])s1. The molecule has 0 spiro atoms. The predicted molar refractivity (Wildman–Crippen MR) is 71.5 cm³/mol. The van der Waals surface area contributed by atoms with Crippen molar-refractivity contribution >= 4 is 33.9 Å². The van der Waals surface area contributed by atoms with Crippen LogP contribution < -0.4 is 0 Å². The summed E-state index contributed by atoms with van der Waals surface area (Å²) in [5.41, 5.74) is 0.0635. The van der Waals surface area contributed by atoms with Crippen LogP contribution in [-0.2, 0) is 11.3 Å². The molecule has 2 rings (SSSR count). The molecule has 0 fully saturated rings. The Balaban J connectivity index is 2.07. The van der Waals surface area contributed by atoms with Gasteiger partial charge in [-0.05, 0) is 18.2 Å².